The summed E-state index contributed by atoms with van der Waals surface area (Å²) in [5.74, 6) is 0.973. The second-order valence-corrected chi connectivity index (χ2v) is 2.52. The van der Waals surface area contributed by atoms with E-state index < -0.39 is 0 Å². The molecule has 0 aliphatic rings. The molecule has 1 aromatic rings. The standard InChI is InChI=1S/C10H14O.Na.H/c1-2-3-9-11-10-7-5-4-6-8-10;;/h4-8H,2-3,9H2,1H3;;. The zero-order valence-electron chi connectivity index (χ0n) is 6.92. The summed E-state index contributed by atoms with van der Waals surface area (Å²) < 4.78 is 5.45. The maximum atomic E-state index is 5.45. The third kappa shape index (κ3) is 4.81. The summed E-state index contributed by atoms with van der Waals surface area (Å²) in [5.41, 5.74) is 0. The Morgan fingerprint density at radius 2 is 1.83 bits per heavy atom. The number of benzene rings is 1. The summed E-state index contributed by atoms with van der Waals surface area (Å²) >= 11 is 0. The van der Waals surface area contributed by atoms with Gasteiger partial charge in [0.2, 0.25) is 0 Å². The molecule has 1 aromatic carbocycles. The molecule has 0 radical (unpaired) electrons. The molecule has 0 heterocycles. The monoisotopic (exact) mass is 174 g/mol. The van der Waals surface area contributed by atoms with E-state index in [1.165, 1.54) is 6.42 Å². The van der Waals surface area contributed by atoms with Gasteiger partial charge in [0.25, 0.3) is 0 Å². The van der Waals surface area contributed by atoms with Crippen LogP contribution in [-0.4, -0.2) is 36.2 Å². The Hall–Kier alpha value is 0.0200. The van der Waals surface area contributed by atoms with Crippen LogP contribution in [0.5, 0.6) is 5.75 Å². The van der Waals surface area contributed by atoms with Crippen LogP contribution in [0.3, 0.4) is 0 Å². The van der Waals surface area contributed by atoms with E-state index in [0.29, 0.717) is 0 Å². The van der Waals surface area contributed by atoms with Gasteiger partial charge in [0, 0.05) is 0 Å². The molecule has 0 aromatic heterocycles. The van der Waals surface area contributed by atoms with Gasteiger partial charge >= 0.3 is 29.6 Å². The minimum absolute atomic E-state index is 0. The van der Waals surface area contributed by atoms with E-state index in [-0.39, 0.29) is 29.6 Å². The summed E-state index contributed by atoms with van der Waals surface area (Å²) in [5, 5.41) is 0. The van der Waals surface area contributed by atoms with Gasteiger partial charge in [-0.05, 0) is 18.6 Å². The Bertz CT molecular complexity index is 186. The molecule has 0 N–H and O–H groups in total. The van der Waals surface area contributed by atoms with Crippen molar-refractivity contribution in [3.8, 4) is 5.75 Å². The van der Waals surface area contributed by atoms with Gasteiger partial charge in [0.1, 0.15) is 5.75 Å². The molecule has 1 rings (SSSR count). The number of para-hydroxylation sites is 1. The van der Waals surface area contributed by atoms with Crippen LogP contribution in [0.15, 0.2) is 30.3 Å². The SMILES string of the molecule is CCCCOc1ccccc1.[NaH]. The first-order valence-corrected chi connectivity index (χ1v) is 4.11. The second-order valence-electron chi connectivity index (χ2n) is 2.52. The molecular weight excluding hydrogens is 159 g/mol. The Morgan fingerprint density at radius 3 is 2.42 bits per heavy atom. The number of unbranched alkanes of at least 4 members (excludes halogenated alkanes) is 1. The summed E-state index contributed by atoms with van der Waals surface area (Å²) in [4.78, 5) is 0. The zero-order chi connectivity index (χ0) is 7.94. The van der Waals surface area contributed by atoms with Gasteiger partial charge in [-0.1, -0.05) is 31.5 Å². The fraction of sp³-hybridized carbons (Fsp3) is 0.400. The van der Waals surface area contributed by atoms with Crippen molar-refractivity contribution in [3.05, 3.63) is 30.3 Å². The molecule has 0 amide bonds. The number of hydrogen-bond donors (Lipinski definition) is 0. The molecule has 0 atom stereocenters. The molecule has 0 bridgehead atoms. The predicted molar refractivity (Wildman–Crippen MR) is 54.0 cm³/mol. The van der Waals surface area contributed by atoms with E-state index in [4.69, 9.17) is 4.74 Å². The average molecular weight is 174 g/mol. The second kappa shape index (κ2) is 7.66. The van der Waals surface area contributed by atoms with Crippen LogP contribution in [0.2, 0.25) is 0 Å². The summed E-state index contributed by atoms with van der Waals surface area (Å²) in [6.07, 6.45) is 2.32. The normalized spacial score (nSPS) is 8.75. The van der Waals surface area contributed by atoms with Gasteiger partial charge in [-0.3, -0.25) is 0 Å². The van der Waals surface area contributed by atoms with Gasteiger partial charge in [0.05, 0.1) is 6.61 Å². The molecule has 12 heavy (non-hydrogen) atoms. The molecule has 62 valence electrons. The fourth-order valence-corrected chi connectivity index (χ4v) is 0.851. The first-order valence-electron chi connectivity index (χ1n) is 4.11. The van der Waals surface area contributed by atoms with Crippen molar-refractivity contribution >= 4 is 29.6 Å². The molecule has 1 nitrogen and oxygen atoms in total. The van der Waals surface area contributed by atoms with E-state index in [1.807, 2.05) is 30.3 Å². The first kappa shape index (κ1) is 12.0. The van der Waals surface area contributed by atoms with Crippen molar-refractivity contribution in [1.82, 2.24) is 0 Å². The zero-order valence-corrected chi connectivity index (χ0v) is 6.92. The molecular formula is C10H15NaO. The third-order valence-corrected chi connectivity index (χ3v) is 1.51. The third-order valence-electron chi connectivity index (χ3n) is 1.51. The van der Waals surface area contributed by atoms with Gasteiger partial charge in [-0.2, -0.15) is 0 Å². The Kier molecular flexibility index (Phi) is 7.67. The summed E-state index contributed by atoms with van der Waals surface area (Å²) in [6.45, 7) is 2.99. The quantitative estimate of drug-likeness (QED) is 0.502. The van der Waals surface area contributed by atoms with Crippen molar-refractivity contribution < 1.29 is 4.74 Å². The van der Waals surface area contributed by atoms with E-state index >= 15 is 0 Å². The molecule has 0 spiro atoms. The number of rotatable bonds is 4. The van der Waals surface area contributed by atoms with Crippen molar-refractivity contribution in [1.29, 1.82) is 0 Å². The molecule has 0 aliphatic heterocycles. The Balaban J connectivity index is 0.00000121. The molecule has 0 aliphatic carbocycles. The van der Waals surface area contributed by atoms with Crippen molar-refractivity contribution in [2.45, 2.75) is 19.8 Å². The number of ether oxygens (including phenoxy) is 1. The van der Waals surface area contributed by atoms with Gasteiger partial charge in [-0.25, -0.2) is 0 Å². The Morgan fingerprint density at radius 1 is 1.17 bits per heavy atom. The van der Waals surface area contributed by atoms with Gasteiger partial charge < -0.3 is 4.74 Å². The average Bonchev–Trinajstić information content (AvgIpc) is 2.07. The van der Waals surface area contributed by atoms with E-state index in [0.717, 1.165) is 18.8 Å². The van der Waals surface area contributed by atoms with Crippen molar-refractivity contribution in [2.75, 3.05) is 6.61 Å². The van der Waals surface area contributed by atoms with Crippen LogP contribution in [0.1, 0.15) is 19.8 Å². The molecule has 0 saturated heterocycles. The van der Waals surface area contributed by atoms with Crippen molar-refractivity contribution in [3.63, 3.8) is 0 Å². The van der Waals surface area contributed by atoms with Gasteiger partial charge in [-0.15, -0.1) is 0 Å². The minimum atomic E-state index is 0. The fourth-order valence-electron chi connectivity index (χ4n) is 0.851. The molecule has 0 fully saturated rings. The number of hydrogen-bond acceptors (Lipinski definition) is 1. The van der Waals surface area contributed by atoms with E-state index in [1.54, 1.807) is 0 Å². The van der Waals surface area contributed by atoms with Crippen LogP contribution in [0, 0.1) is 0 Å². The summed E-state index contributed by atoms with van der Waals surface area (Å²) in [6, 6.07) is 9.93. The van der Waals surface area contributed by atoms with Gasteiger partial charge in [0.15, 0.2) is 0 Å². The maximum absolute atomic E-state index is 5.45. The topological polar surface area (TPSA) is 9.23 Å². The Labute approximate surface area is 96.4 Å². The van der Waals surface area contributed by atoms with Crippen LogP contribution >= 0.6 is 0 Å². The van der Waals surface area contributed by atoms with Crippen LogP contribution in [0.25, 0.3) is 0 Å². The summed E-state index contributed by atoms with van der Waals surface area (Å²) in [7, 11) is 0. The van der Waals surface area contributed by atoms with Crippen LogP contribution in [0.4, 0.5) is 0 Å². The predicted octanol–water partition coefficient (Wildman–Crippen LogP) is 2.22. The molecule has 0 unspecified atom stereocenters. The molecule has 2 heteroatoms. The van der Waals surface area contributed by atoms with E-state index in [9.17, 15) is 0 Å². The molecule has 0 saturated carbocycles. The van der Waals surface area contributed by atoms with Crippen molar-refractivity contribution in [2.24, 2.45) is 0 Å². The van der Waals surface area contributed by atoms with Crippen LogP contribution < -0.4 is 4.74 Å². The first-order chi connectivity index (χ1) is 5.43. The van der Waals surface area contributed by atoms with E-state index in [2.05, 4.69) is 6.92 Å². The van der Waals surface area contributed by atoms with Crippen LogP contribution in [-0.2, 0) is 0 Å².